The van der Waals surface area contributed by atoms with Gasteiger partial charge in [0.2, 0.25) is 0 Å². The van der Waals surface area contributed by atoms with Crippen LogP contribution >= 0.6 is 0 Å². The second-order valence-electron chi connectivity index (χ2n) is 9.19. The van der Waals surface area contributed by atoms with Gasteiger partial charge in [-0.2, -0.15) is 0 Å². The van der Waals surface area contributed by atoms with Gasteiger partial charge < -0.3 is 18.3 Å². The van der Waals surface area contributed by atoms with E-state index in [0.29, 0.717) is 6.42 Å². The van der Waals surface area contributed by atoms with Crippen LogP contribution in [0.3, 0.4) is 0 Å². The topological polar surface area (TPSA) is 66.7 Å². The molecular formula is C20H30BNO4S. The van der Waals surface area contributed by atoms with E-state index in [9.17, 15) is 4.55 Å². The van der Waals surface area contributed by atoms with Crippen LogP contribution < -0.4 is 4.72 Å². The van der Waals surface area contributed by atoms with Crippen molar-refractivity contribution in [3.05, 3.63) is 36.1 Å². The van der Waals surface area contributed by atoms with Gasteiger partial charge in [0.1, 0.15) is 10.3 Å². The van der Waals surface area contributed by atoms with Crippen LogP contribution in [0.1, 0.15) is 54.0 Å². The lowest BCUT2D eigenvalue weighted by Gasteiger charge is -2.32. The molecular weight excluding hydrogens is 361 g/mol. The molecule has 0 amide bonds. The van der Waals surface area contributed by atoms with Gasteiger partial charge in [0.05, 0.1) is 23.4 Å². The lowest BCUT2D eigenvalue weighted by molar-refractivity contribution is 0.00578. The van der Waals surface area contributed by atoms with Crippen LogP contribution in [0.4, 0.5) is 0 Å². The summed E-state index contributed by atoms with van der Waals surface area (Å²) in [5, 5.41) is 1.06. The molecule has 1 N–H and O–H groups in total. The van der Waals surface area contributed by atoms with Crippen molar-refractivity contribution >= 4 is 29.4 Å². The first kappa shape index (κ1) is 20.7. The van der Waals surface area contributed by atoms with Gasteiger partial charge in [0, 0.05) is 16.7 Å². The van der Waals surface area contributed by atoms with Gasteiger partial charge >= 0.3 is 7.12 Å². The summed E-state index contributed by atoms with van der Waals surface area (Å²) in [6.45, 7) is 14.0. The van der Waals surface area contributed by atoms with E-state index >= 15 is 0 Å². The predicted octanol–water partition coefficient (Wildman–Crippen LogP) is 4.03. The summed E-state index contributed by atoms with van der Waals surface area (Å²) in [6.07, 6.45) is 2.36. The van der Waals surface area contributed by atoms with E-state index in [1.54, 1.807) is 6.26 Å². The molecule has 0 aliphatic carbocycles. The van der Waals surface area contributed by atoms with Crippen LogP contribution in [0.15, 0.2) is 34.9 Å². The minimum absolute atomic E-state index is 0.271. The maximum atomic E-state index is 12.8. The zero-order chi connectivity index (χ0) is 20.0. The molecule has 1 saturated heterocycles. The Morgan fingerprint density at radius 1 is 1.11 bits per heavy atom. The molecule has 7 heteroatoms. The second-order valence-corrected chi connectivity index (χ2v) is 11.2. The molecule has 1 aromatic carbocycles. The molecule has 5 nitrogen and oxygen atoms in total. The highest BCUT2D eigenvalue weighted by Gasteiger charge is 2.55. The van der Waals surface area contributed by atoms with E-state index in [1.165, 1.54) is 0 Å². The van der Waals surface area contributed by atoms with Crippen LogP contribution in [0.5, 0.6) is 0 Å². The van der Waals surface area contributed by atoms with Crippen molar-refractivity contribution in [2.24, 2.45) is 0 Å². The number of hydrogen-bond acceptors (Lipinski definition) is 5. The normalized spacial score (nSPS) is 21.6. The fourth-order valence-corrected chi connectivity index (χ4v) is 3.81. The smallest absolute Gasteiger partial charge is 0.481 e. The summed E-state index contributed by atoms with van der Waals surface area (Å²) >= 11 is -1.25. The van der Waals surface area contributed by atoms with Crippen molar-refractivity contribution in [3.8, 4) is 0 Å². The Hall–Kier alpha value is -0.985. The van der Waals surface area contributed by atoms with Gasteiger partial charge in [0.25, 0.3) is 0 Å². The predicted molar refractivity (Wildman–Crippen MR) is 111 cm³/mol. The maximum absolute atomic E-state index is 12.8. The largest absolute Gasteiger partial charge is 0.598 e. The number of furan rings is 1. The molecule has 2 unspecified atom stereocenters. The van der Waals surface area contributed by atoms with Crippen molar-refractivity contribution in [2.45, 2.75) is 76.8 Å². The molecule has 1 aliphatic heterocycles. The van der Waals surface area contributed by atoms with Gasteiger partial charge in [-0.1, -0.05) is 18.2 Å². The highest BCUT2D eigenvalue weighted by Crippen LogP contribution is 2.38. The van der Waals surface area contributed by atoms with Crippen molar-refractivity contribution < 1.29 is 18.3 Å². The van der Waals surface area contributed by atoms with E-state index in [0.717, 1.165) is 16.5 Å². The lowest BCUT2D eigenvalue weighted by atomic mass is 9.75. The van der Waals surface area contributed by atoms with Gasteiger partial charge in [-0.15, -0.1) is 4.72 Å². The average Bonchev–Trinajstić information content (AvgIpc) is 3.04. The van der Waals surface area contributed by atoms with Gasteiger partial charge in [-0.25, -0.2) is 0 Å². The molecule has 3 rings (SSSR count). The molecule has 2 atom stereocenters. The van der Waals surface area contributed by atoms with Crippen LogP contribution in [0, 0.1) is 0 Å². The molecule has 1 aromatic heterocycles. The summed E-state index contributed by atoms with van der Waals surface area (Å²) in [6, 6.07) is 7.93. The second kappa shape index (κ2) is 7.12. The van der Waals surface area contributed by atoms with Crippen molar-refractivity contribution in [1.82, 2.24) is 4.72 Å². The zero-order valence-corrected chi connectivity index (χ0v) is 18.1. The summed E-state index contributed by atoms with van der Waals surface area (Å²) in [5.41, 5.74) is 0.999. The third-order valence-electron chi connectivity index (χ3n) is 5.42. The van der Waals surface area contributed by atoms with Crippen LogP contribution in [0.25, 0.3) is 11.0 Å². The lowest BCUT2D eigenvalue weighted by Crippen LogP contribution is -2.53. The molecule has 2 aromatic rings. The van der Waals surface area contributed by atoms with Crippen LogP contribution in [0.2, 0.25) is 0 Å². The van der Waals surface area contributed by atoms with Crippen LogP contribution in [-0.4, -0.2) is 33.6 Å². The molecule has 0 radical (unpaired) electrons. The molecule has 0 spiro atoms. The first-order valence-corrected chi connectivity index (χ1v) is 10.5. The van der Waals surface area contributed by atoms with Crippen molar-refractivity contribution in [1.29, 1.82) is 0 Å². The fraction of sp³-hybridized carbons (Fsp3) is 0.600. The first-order valence-electron chi connectivity index (χ1n) is 9.39. The number of benzene rings is 1. The monoisotopic (exact) mass is 391 g/mol. The number of rotatable bonds is 5. The summed E-state index contributed by atoms with van der Waals surface area (Å²) in [7, 11) is -0.505. The molecule has 1 fully saturated rings. The number of hydrogen-bond donors (Lipinski definition) is 1. The summed E-state index contributed by atoms with van der Waals surface area (Å²) in [5.74, 6) is -0.271. The van der Waals surface area contributed by atoms with Crippen LogP contribution in [-0.2, 0) is 27.1 Å². The minimum atomic E-state index is -1.25. The maximum Gasteiger partial charge on any atom is 0.481 e. The standard InChI is InChI=1S/C20H30BNO4S/c1-18(2,3)27(23)22-17(21-25-19(4,5)20(6,7)26-21)12-14-13-24-16-11-9-8-10-15(14)16/h8-11,13,17,22H,12H2,1-7H3. The summed E-state index contributed by atoms with van der Waals surface area (Å²) in [4.78, 5) is 0. The van der Waals surface area contributed by atoms with Crippen molar-refractivity contribution in [3.63, 3.8) is 0 Å². The van der Waals surface area contributed by atoms with E-state index in [4.69, 9.17) is 13.7 Å². The number of fused-ring (bicyclic) bond motifs is 1. The molecule has 27 heavy (non-hydrogen) atoms. The Morgan fingerprint density at radius 3 is 2.30 bits per heavy atom. The minimum Gasteiger partial charge on any atom is -0.598 e. The van der Waals surface area contributed by atoms with E-state index in [2.05, 4.69) is 4.72 Å². The Kier molecular flexibility index (Phi) is 5.47. The van der Waals surface area contributed by atoms with Gasteiger partial charge in [-0.3, -0.25) is 0 Å². The Bertz CT molecular complexity index is 783. The Balaban J connectivity index is 1.88. The first-order chi connectivity index (χ1) is 12.4. The molecule has 0 bridgehead atoms. The third-order valence-corrected chi connectivity index (χ3v) is 7.04. The quantitative estimate of drug-likeness (QED) is 0.616. The van der Waals surface area contributed by atoms with Gasteiger partial charge in [0.15, 0.2) is 0 Å². The summed E-state index contributed by atoms with van der Waals surface area (Å²) < 4.78 is 33.9. The van der Waals surface area contributed by atoms with E-state index in [-0.39, 0.29) is 10.7 Å². The average molecular weight is 391 g/mol. The molecule has 148 valence electrons. The third kappa shape index (κ3) is 4.22. The molecule has 2 heterocycles. The zero-order valence-electron chi connectivity index (χ0n) is 17.3. The fourth-order valence-electron chi connectivity index (χ4n) is 2.99. The SMILES string of the molecule is CC(C)(C)[S+]([O-])NC(Cc1coc2ccccc12)B1OC(C)(C)C(C)(C)O1. The van der Waals surface area contributed by atoms with E-state index < -0.39 is 29.7 Å². The Labute approximate surface area is 165 Å². The van der Waals surface area contributed by atoms with E-state index in [1.807, 2.05) is 72.7 Å². The highest BCUT2D eigenvalue weighted by atomic mass is 32.2. The molecule has 1 aliphatic rings. The van der Waals surface area contributed by atoms with Crippen molar-refractivity contribution in [2.75, 3.05) is 0 Å². The number of para-hydroxylation sites is 1. The highest BCUT2D eigenvalue weighted by molar-refractivity contribution is 7.90. The Morgan fingerprint density at radius 2 is 1.70 bits per heavy atom. The number of nitrogens with one attached hydrogen (secondary N) is 1. The van der Waals surface area contributed by atoms with Gasteiger partial charge in [-0.05, 0) is 66.5 Å². The molecule has 0 saturated carbocycles.